The molecular weight excluding hydrogens is 116 g/mol. The van der Waals surface area contributed by atoms with Crippen LogP contribution in [0.5, 0.6) is 0 Å². The molecule has 0 saturated heterocycles. The number of hydrogen-bond acceptors (Lipinski definition) is 2. The van der Waals surface area contributed by atoms with Crippen molar-refractivity contribution in [3.05, 3.63) is 0 Å². The summed E-state index contributed by atoms with van der Waals surface area (Å²) in [6.07, 6.45) is 0.782. The fourth-order valence-corrected chi connectivity index (χ4v) is 1.14. The van der Waals surface area contributed by atoms with Gasteiger partial charge in [0.25, 0.3) is 0 Å². The number of carbonyl (C=O) groups excluding carboxylic acids is 1. The first-order chi connectivity index (χ1) is 4.05. The Hall–Kier alpha value is -0.370. The number of Topliss-reactive ketones (excluding diaryl/α,β-unsaturated/α-hetero) is 1. The summed E-state index contributed by atoms with van der Waals surface area (Å²) < 4.78 is 0. The van der Waals surface area contributed by atoms with Crippen LogP contribution in [0.2, 0.25) is 0 Å². The third kappa shape index (κ3) is 0.874. The molecule has 2 heteroatoms. The van der Waals surface area contributed by atoms with E-state index in [1.807, 2.05) is 0 Å². The van der Waals surface area contributed by atoms with Gasteiger partial charge in [-0.05, 0) is 6.42 Å². The Bertz CT molecular complexity index is 138. The highest BCUT2D eigenvalue weighted by Gasteiger charge is 2.40. The number of carbonyl (C=O) groups is 1. The molecule has 0 bridgehead atoms. The van der Waals surface area contributed by atoms with Crippen molar-refractivity contribution < 1.29 is 9.90 Å². The van der Waals surface area contributed by atoms with Crippen molar-refractivity contribution in [2.24, 2.45) is 5.41 Å². The first-order valence-electron chi connectivity index (χ1n) is 3.26. The Morgan fingerprint density at radius 1 is 1.67 bits per heavy atom. The zero-order chi connectivity index (χ0) is 7.07. The van der Waals surface area contributed by atoms with Crippen molar-refractivity contribution in [2.45, 2.75) is 32.8 Å². The minimum atomic E-state index is -0.472. The van der Waals surface area contributed by atoms with Crippen molar-refractivity contribution in [1.82, 2.24) is 0 Å². The quantitative estimate of drug-likeness (QED) is 0.522. The first kappa shape index (κ1) is 6.75. The molecule has 1 fully saturated rings. The Labute approximate surface area is 54.9 Å². The van der Waals surface area contributed by atoms with Crippen molar-refractivity contribution in [3.8, 4) is 0 Å². The second kappa shape index (κ2) is 1.81. The van der Waals surface area contributed by atoms with E-state index in [4.69, 9.17) is 0 Å². The van der Waals surface area contributed by atoms with E-state index in [9.17, 15) is 9.90 Å². The summed E-state index contributed by atoms with van der Waals surface area (Å²) >= 11 is 0. The summed E-state index contributed by atoms with van der Waals surface area (Å²) in [5, 5.41) is 9.21. The molecule has 52 valence electrons. The SMILES string of the molecule is CC1(C)C(=O)CC[C@H]1O. The molecule has 0 aromatic carbocycles. The van der Waals surface area contributed by atoms with Crippen LogP contribution in [-0.2, 0) is 4.79 Å². The van der Waals surface area contributed by atoms with Gasteiger partial charge in [-0.2, -0.15) is 0 Å². The summed E-state index contributed by atoms with van der Waals surface area (Å²) in [5.41, 5.74) is -0.472. The Morgan fingerprint density at radius 2 is 2.22 bits per heavy atom. The predicted molar refractivity (Wildman–Crippen MR) is 34.0 cm³/mol. The molecule has 0 radical (unpaired) electrons. The van der Waals surface area contributed by atoms with Crippen LogP contribution >= 0.6 is 0 Å². The molecule has 0 aromatic rings. The van der Waals surface area contributed by atoms with Gasteiger partial charge >= 0.3 is 0 Å². The van der Waals surface area contributed by atoms with E-state index >= 15 is 0 Å². The number of ketones is 1. The zero-order valence-corrected chi connectivity index (χ0v) is 5.85. The Kier molecular flexibility index (Phi) is 1.35. The van der Waals surface area contributed by atoms with E-state index in [-0.39, 0.29) is 5.78 Å². The van der Waals surface area contributed by atoms with Crippen molar-refractivity contribution in [3.63, 3.8) is 0 Å². The van der Waals surface area contributed by atoms with Gasteiger partial charge in [-0.25, -0.2) is 0 Å². The van der Waals surface area contributed by atoms with Crippen LogP contribution in [0, 0.1) is 5.41 Å². The van der Waals surface area contributed by atoms with Crippen molar-refractivity contribution >= 4 is 5.78 Å². The monoisotopic (exact) mass is 128 g/mol. The first-order valence-corrected chi connectivity index (χ1v) is 3.26. The molecule has 1 atom stereocenters. The lowest BCUT2D eigenvalue weighted by atomic mass is 9.88. The molecular formula is C7H12O2. The average Bonchev–Trinajstić information content (AvgIpc) is 1.96. The van der Waals surface area contributed by atoms with E-state index in [1.54, 1.807) is 13.8 Å². The van der Waals surface area contributed by atoms with E-state index in [1.165, 1.54) is 0 Å². The number of aliphatic hydroxyl groups is 1. The number of aliphatic hydroxyl groups excluding tert-OH is 1. The maximum atomic E-state index is 10.9. The summed E-state index contributed by atoms with van der Waals surface area (Å²) in [6, 6.07) is 0. The van der Waals surface area contributed by atoms with Crippen LogP contribution in [0.1, 0.15) is 26.7 Å². The largest absolute Gasteiger partial charge is 0.392 e. The zero-order valence-electron chi connectivity index (χ0n) is 5.85. The lowest BCUT2D eigenvalue weighted by Gasteiger charge is -2.19. The summed E-state index contributed by atoms with van der Waals surface area (Å²) in [7, 11) is 0. The van der Waals surface area contributed by atoms with E-state index in [2.05, 4.69) is 0 Å². The Balaban J connectivity index is 2.78. The minimum Gasteiger partial charge on any atom is -0.392 e. The topological polar surface area (TPSA) is 37.3 Å². The smallest absolute Gasteiger partial charge is 0.141 e. The minimum absolute atomic E-state index is 0.190. The fourth-order valence-electron chi connectivity index (χ4n) is 1.14. The van der Waals surface area contributed by atoms with E-state index in [0.29, 0.717) is 12.8 Å². The van der Waals surface area contributed by atoms with Crippen LogP contribution < -0.4 is 0 Å². The molecule has 0 unspecified atom stereocenters. The summed E-state index contributed by atoms with van der Waals surface area (Å²) in [4.78, 5) is 10.9. The maximum Gasteiger partial charge on any atom is 0.141 e. The highest BCUT2D eigenvalue weighted by atomic mass is 16.3. The van der Waals surface area contributed by atoms with Crippen LogP contribution in [0.4, 0.5) is 0 Å². The molecule has 0 spiro atoms. The molecule has 1 rings (SSSR count). The lowest BCUT2D eigenvalue weighted by molar-refractivity contribution is -0.126. The van der Waals surface area contributed by atoms with Gasteiger partial charge in [0.15, 0.2) is 0 Å². The van der Waals surface area contributed by atoms with Crippen LogP contribution in [-0.4, -0.2) is 17.0 Å². The molecule has 2 nitrogen and oxygen atoms in total. The Morgan fingerprint density at radius 3 is 2.33 bits per heavy atom. The van der Waals surface area contributed by atoms with Gasteiger partial charge in [-0.3, -0.25) is 4.79 Å². The number of hydrogen-bond donors (Lipinski definition) is 1. The molecule has 1 aliphatic rings. The predicted octanol–water partition coefficient (Wildman–Crippen LogP) is 0.736. The number of rotatable bonds is 0. The van der Waals surface area contributed by atoms with E-state index in [0.717, 1.165) is 0 Å². The molecule has 0 heterocycles. The van der Waals surface area contributed by atoms with Crippen LogP contribution in [0.15, 0.2) is 0 Å². The van der Waals surface area contributed by atoms with Gasteiger partial charge in [-0.1, -0.05) is 13.8 Å². The van der Waals surface area contributed by atoms with Gasteiger partial charge in [0, 0.05) is 11.8 Å². The molecule has 1 saturated carbocycles. The van der Waals surface area contributed by atoms with Gasteiger partial charge in [0.2, 0.25) is 0 Å². The van der Waals surface area contributed by atoms with Gasteiger partial charge in [0.05, 0.1) is 6.10 Å². The second-order valence-electron chi connectivity index (χ2n) is 3.20. The normalized spacial score (nSPS) is 33.2. The molecule has 0 aromatic heterocycles. The highest BCUT2D eigenvalue weighted by Crippen LogP contribution is 2.33. The molecule has 1 aliphatic carbocycles. The highest BCUT2D eigenvalue weighted by molar-refractivity contribution is 5.86. The average molecular weight is 128 g/mol. The molecule has 0 aliphatic heterocycles. The lowest BCUT2D eigenvalue weighted by Crippen LogP contribution is -2.28. The second-order valence-corrected chi connectivity index (χ2v) is 3.20. The standard InChI is InChI=1S/C7H12O2/c1-7(2)5(8)3-4-6(7)9/h5,8H,3-4H2,1-2H3/t5-/m1/s1. The van der Waals surface area contributed by atoms with E-state index < -0.39 is 11.5 Å². The summed E-state index contributed by atoms with van der Waals surface area (Å²) in [5.74, 6) is 0.190. The molecule has 1 N–H and O–H groups in total. The fraction of sp³-hybridized carbons (Fsp3) is 0.857. The molecule has 0 amide bonds. The van der Waals surface area contributed by atoms with Gasteiger partial charge in [-0.15, -0.1) is 0 Å². The van der Waals surface area contributed by atoms with Crippen LogP contribution in [0.25, 0.3) is 0 Å². The third-order valence-electron chi connectivity index (χ3n) is 2.20. The van der Waals surface area contributed by atoms with Gasteiger partial charge < -0.3 is 5.11 Å². The maximum absolute atomic E-state index is 10.9. The van der Waals surface area contributed by atoms with Crippen LogP contribution in [0.3, 0.4) is 0 Å². The van der Waals surface area contributed by atoms with Crippen molar-refractivity contribution in [2.75, 3.05) is 0 Å². The van der Waals surface area contributed by atoms with Gasteiger partial charge in [0.1, 0.15) is 5.78 Å². The summed E-state index contributed by atoms with van der Waals surface area (Å²) in [6.45, 7) is 3.60. The third-order valence-corrected chi connectivity index (χ3v) is 2.20. The van der Waals surface area contributed by atoms with Crippen molar-refractivity contribution in [1.29, 1.82) is 0 Å². The molecule has 9 heavy (non-hydrogen) atoms.